The number of hydrogen-bond acceptors (Lipinski definition) is 16. The highest BCUT2D eigenvalue weighted by Gasteiger charge is 2.52. The van der Waals surface area contributed by atoms with Crippen molar-refractivity contribution in [3.05, 3.63) is 37.5 Å². The van der Waals surface area contributed by atoms with Crippen molar-refractivity contribution in [2.75, 3.05) is 36.9 Å². The Morgan fingerprint density at radius 2 is 1.19 bits per heavy atom. The monoisotopic (exact) mass is 748 g/mol. The molecule has 18 nitrogen and oxygen atoms in total. The van der Waals surface area contributed by atoms with Crippen molar-refractivity contribution in [2.24, 2.45) is 0 Å². The van der Waals surface area contributed by atoms with E-state index in [1.54, 1.807) is 12.2 Å². The number of aliphatic hydroxyl groups excluding tert-OH is 2. The number of nitrogens with one attached hydrogen (secondary N) is 2. The van der Waals surface area contributed by atoms with E-state index in [1.165, 1.54) is 34.4 Å². The van der Waals surface area contributed by atoms with Crippen LogP contribution in [-0.2, 0) is 27.7 Å². The van der Waals surface area contributed by atoms with Crippen LogP contribution in [0.4, 0.5) is 20.4 Å². The number of halogens is 2. The predicted molar refractivity (Wildman–Crippen MR) is 171 cm³/mol. The van der Waals surface area contributed by atoms with Gasteiger partial charge in [-0.15, -0.1) is 9.05 Å². The Labute approximate surface area is 281 Å². The van der Waals surface area contributed by atoms with E-state index in [9.17, 15) is 19.3 Å². The third-order valence-electron chi connectivity index (χ3n) is 7.52. The summed E-state index contributed by atoms with van der Waals surface area (Å²) < 4.78 is 77.4. The zero-order valence-corrected chi connectivity index (χ0v) is 28.0. The van der Waals surface area contributed by atoms with Crippen LogP contribution in [0, 0.1) is 0 Å². The van der Waals surface area contributed by atoms with Crippen LogP contribution in [0.25, 0.3) is 22.3 Å². The Kier molecular flexibility index (Phi) is 11.1. The van der Waals surface area contributed by atoms with Gasteiger partial charge >= 0.3 is 14.5 Å². The summed E-state index contributed by atoms with van der Waals surface area (Å²) in [6.45, 7) is -0.472. The van der Waals surface area contributed by atoms with Gasteiger partial charge in [-0.2, -0.15) is 0 Å². The number of ether oxygens (including phenoxy) is 2. The minimum Gasteiger partial charge on any atom is -0.394 e. The molecule has 256 valence electrons. The maximum Gasteiger partial charge on any atom is 0.582 e. The minimum atomic E-state index is -2.43. The van der Waals surface area contributed by atoms with Gasteiger partial charge in [-0.1, -0.05) is 12.2 Å². The molecule has 48 heavy (non-hydrogen) atoms. The first-order chi connectivity index (χ1) is 23.2. The lowest BCUT2D eigenvalue weighted by atomic mass is 10.1. The van der Waals surface area contributed by atoms with Crippen molar-refractivity contribution in [1.29, 1.82) is 0 Å². The van der Waals surface area contributed by atoms with E-state index in [4.69, 9.17) is 18.5 Å². The number of thiol groups is 2. The maximum absolute atomic E-state index is 15.2. The Hall–Kier alpha value is -3.04. The second-order valence-corrected chi connectivity index (χ2v) is 13.7. The van der Waals surface area contributed by atoms with Crippen LogP contribution in [0.3, 0.4) is 0 Å². The first-order valence-electron chi connectivity index (χ1n) is 14.2. The molecule has 4 N–H and O–H groups in total. The van der Waals surface area contributed by atoms with Crippen LogP contribution in [0.2, 0.25) is 0 Å². The van der Waals surface area contributed by atoms with Gasteiger partial charge in [0.15, 0.2) is 71.0 Å². The van der Waals surface area contributed by atoms with E-state index in [0.717, 1.165) is 0 Å². The van der Waals surface area contributed by atoms with Gasteiger partial charge in [-0.05, 0) is 9.13 Å². The van der Waals surface area contributed by atoms with Crippen molar-refractivity contribution in [2.45, 2.75) is 49.2 Å². The van der Waals surface area contributed by atoms with E-state index >= 15 is 8.78 Å². The molecule has 2 aliphatic rings. The number of alkyl halides is 2. The number of anilines is 2. The molecular formula is C24H28F2N10O8P2S2+2. The molecular weight excluding hydrogens is 720 g/mol. The largest absolute Gasteiger partial charge is 0.582 e. The Morgan fingerprint density at radius 3 is 1.56 bits per heavy atom. The lowest BCUT2D eigenvalue weighted by Crippen LogP contribution is -2.31. The number of fused-ring (bicyclic) bond motifs is 2. The third kappa shape index (κ3) is 7.00. The molecule has 2 aliphatic heterocycles. The molecule has 0 bridgehead atoms. The molecule has 6 heterocycles. The van der Waals surface area contributed by atoms with Crippen LogP contribution in [-0.4, -0.2) is 112 Å². The van der Waals surface area contributed by atoms with Crippen molar-refractivity contribution in [3.8, 4) is 0 Å². The van der Waals surface area contributed by atoms with Crippen LogP contribution in [0.15, 0.2) is 37.5 Å². The molecule has 24 heteroatoms. The highest BCUT2D eigenvalue weighted by atomic mass is 32.7. The van der Waals surface area contributed by atoms with Gasteiger partial charge < -0.3 is 30.3 Å². The lowest BCUT2D eigenvalue weighted by molar-refractivity contribution is -0.0427. The molecule has 6 rings (SSSR count). The summed E-state index contributed by atoms with van der Waals surface area (Å²) in [5.74, 6) is 0.741. The number of imidazole rings is 2. The van der Waals surface area contributed by atoms with Crippen molar-refractivity contribution >= 4 is 72.9 Å². The second-order valence-electron chi connectivity index (χ2n) is 10.3. The fourth-order valence-electron chi connectivity index (χ4n) is 5.40. The number of aliphatic hydroxyl groups is 2. The van der Waals surface area contributed by atoms with E-state index in [0.29, 0.717) is 35.8 Å². The van der Waals surface area contributed by atoms with Crippen molar-refractivity contribution < 1.29 is 46.6 Å². The SMILES string of the molecule is O=[P+](S)O[C@H]1[C@@H](F)[C@H](n2cnc3c(NC/C=C/CNc4ncnc5c4ncn5C4OC(CO)[C@@H](O[P+](=O)S)[C@H]4F)ncnc32)O[C@@H]1CO. The summed E-state index contributed by atoms with van der Waals surface area (Å²) in [4.78, 5) is 25.5. The average Bonchev–Trinajstić information content (AvgIpc) is 3.83. The normalized spacial score (nSPS) is 28.1. The van der Waals surface area contributed by atoms with Gasteiger partial charge in [0.25, 0.3) is 0 Å². The third-order valence-corrected chi connectivity index (χ3v) is 8.94. The fraction of sp³-hybridized carbons (Fsp3) is 0.500. The van der Waals surface area contributed by atoms with Crippen LogP contribution < -0.4 is 10.6 Å². The molecule has 4 unspecified atom stereocenters. The number of hydrogen-bond donors (Lipinski definition) is 6. The summed E-state index contributed by atoms with van der Waals surface area (Å²) in [5.41, 5.74) is 1.21. The van der Waals surface area contributed by atoms with Gasteiger partial charge in [0, 0.05) is 13.1 Å². The van der Waals surface area contributed by atoms with Gasteiger partial charge in [0.05, 0.1) is 25.9 Å². The summed E-state index contributed by atoms with van der Waals surface area (Å²) in [6.07, 6.45) is -1.96. The molecule has 4 aromatic heterocycles. The maximum atomic E-state index is 15.2. The molecule has 10 atom stereocenters. The predicted octanol–water partition coefficient (Wildman–Crippen LogP) is 2.45. The molecule has 0 aliphatic carbocycles. The van der Waals surface area contributed by atoms with E-state index in [2.05, 4.69) is 65.0 Å². The first kappa shape index (κ1) is 34.8. The van der Waals surface area contributed by atoms with Crippen LogP contribution in [0.1, 0.15) is 12.5 Å². The highest BCUT2D eigenvalue weighted by Crippen LogP contribution is 2.42. The second kappa shape index (κ2) is 15.2. The number of aromatic nitrogens is 8. The molecule has 2 saturated heterocycles. The van der Waals surface area contributed by atoms with Gasteiger partial charge in [0.2, 0.25) is 0 Å². The summed E-state index contributed by atoms with van der Waals surface area (Å²) in [7, 11) is -4.87. The minimum absolute atomic E-state index is 0.264. The zero-order chi connectivity index (χ0) is 33.9. The topological polar surface area (TPSA) is 223 Å². The zero-order valence-electron chi connectivity index (χ0n) is 24.4. The van der Waals surface area contributed by atoms with E-state index < -0.39 is 76.9 Å². The van der Waals surface area contributed by atoms with Gasteiger partial charge in [-0.3, -0.25) is 9.13 Å². The fourth-order valence-corrected chi connectivity index (χ4v) is 6.98. The van der Waals surface area contributed by atoms with Gasteiger partial charge in [0.1, 0.15) is 49.4 Å². The molecule has 0 spiro atoms. The number of rotatable bonds is 14. The van der Waals surface area contributed by atoms with Crippen molar-refractivity contribution in [3.63, 3.8) is 0 Å². The molecule has 0 aromatic carbocycles. The van der Waals surface area contributed by atoms with Crippen molar-refractivity contribution in [1.82, 2.24) is 39.0 Å². The molecule has 0 saturated carbocycles. The summed E-state index contributed by atoms with van der Waals surface area (Å²) >= 11 is 7.35. The van der Waals surface area contributed by atoms with E-state index in [1.807, 2.05) is 0 Å². The average molecular weight is 749 g/mol. The van der Waals surface area contributed by atoms with Crippen LogP contribution in [0.5, 0.6) is 0 Å². The highest BCUT2D eigenvalue weighted by molar-refractivity contribution is 8.39. The molecule has 4 aromatic rings. The first-order valence-corrected chi connectivity index (χ1v) is 18.8. The smallest absolute Gasteiger partial charge is 0.394 e. The number of nitrogens with zero attached hydrogens (tertiary/aromatic N) is 8. The quantitative estimate of drug-likeness (QED) is 0.0619. The standard InChI is InChI=1S/C24H26F2N10O8P2S2/c25-13-17(43-45(39)47)11(5-37)41-23(13)35-9-33-15-19(29-7-31-21(15)35)27-3-1-2-4-28-20-16-22(32-8-30-20)36(10-34-16)24-14(26)18(44-46(40)48)12(6-38)42-24/h1-2,7-14,17-18,23-24,37-38H,3-6H2,(H2-2,27,28,29,30,31,32,39,40,47,48)/p+2/b2-1+/t11-,12?,13-,14-,17-,18-,23-,24?/m1/s1. The Bertz CT molecular complexity index is 1700. The van der Waals surface area contributed by atoms with Gasteiger partial charge in [-0.25, -0.2) is 38.7 Å². The Balaban J connectivity index is 1.07. The Morgan fingerprint density at radius 1 is 0.771 bits per heavy atom. The molecule has 0 radical (unpaired) electrons. The van der Waals surface area contributed by atoms with E-state index in [-0.39, 0.29) is 11.3 Å². The molecule has 2 fully saturated rings. The summed E-state index contributed by atoms with van der Waals surface area (Å²) in [6, 6.07) is 0. The summed E-state index contributed by atoms with van der Waals surface area (Å²) in [5, 5.41) is 25.4. The lowest BCUT2D eigenvalue weighted by Gasteiger charge is -2.15. The molecule has 0 amide bonds. The van der Waals surface area contributed by atoms with Crippen LogP contribution >= 0.6 is 39.0 Å².